The molecule has 1 aromatic carbocycles. The van der Waals surface area contributed by atoms with Crippen molar-refractivity contribution < 1.29 is 5.11 Å². The first-order valence-electron chi connectivity index (χ1n) is 3.81. The summed E-state index contributed by atoms with van der Waals surface area (Å²) < 4.78 is 0. The molecule has 0 radical (unpaired) electrons. The van der Waals surface area contributed by atoms with Gasteiger partial charge in [0, 0.05) is 6.54 Å². The van der Waals surface area contributed by atoms with Crippen LogP contribution < -0.4 is 5.32 Å². The number of rotatable bonds is 3. The van der Waals surface area contributed by atoms with Crippen LogP contribution in [-0.4, -0.2) is 11.7 Å². The third-order valence-corrected chi connectivity index (χ3v) is 1.52. The minimum atomic E-state index is 0.324. The van der Waals surface area contributed by atoms with E-state index in [2.05, 4.69) is 12.2 Å². The van der Waals surface area contributed by atoms with Crippen molar-refractivity contribution in [1.82, 2.24) is 5.32 Å². The summed E-state index contributed by atoms with van der Waals surface area (Å²) in [5.41, 5.74) is 1.20. The molecule has 1 aromatic rings. The molecule has 11 heavy (non-hydrogen) atoms. The first kappa shape index (κ1) is 8.08. The normalized spacial score (nSPS) is 9.91. The van der Waals surface area contributed by atoms with Crippen LogP contribution in [-0.2, 0) is 6.54 Å². The van der Waals surface area contributed by atoms with Gasteiger partial charge in [-0.05, 0) is 24.2 Å². The van der Waals surface area contributed by atoms with Crippen LogP contribution in [0.4, 0.5) is 0 Å². The molecule has 0 aliphatic heterocycles. The van der Waals surface area contributed by atoms with E-state index >= 15 is 0 Å². The number of hydrogen-bond acceptors (Lipinski definition) is 2. The van der Waals surface area contributed by atoms with E-state index in [1.54, 1.807) is 12.1 Å². The third kappa shape index (κ3) is 2.60. The summed E-state index contributed by atoms with van der Waals surface area (Å²) in [4.78, 5) is 0. The molecule has 2 nitrogen and oxygen atoms in total. The molecule has 1 rings (SSSR count). The van der Waals surface area contributed by atoms with Crippen LogP contribution in [0.3, 0.4) is 0 Å². The van der Waals surface area contributed by atoms with Gasteiger partial charge in [-0.25, -0.2) is 0 Å². The minimum Gasteiger partial charge on any atom is -0.508 e. The van der Waals surface area contributed by atoms with Gasteiger partial charge in [0.25, 0.3) is 0 Å². The van der Waals surface area contributed by atoms with E-state index in [-0.39, 0.29) is 0 Å². The van der Waals surface area contributed by atoms with E-state index in [9.17, 15) is 0 Å². The van der Waals surface area contributed by atoms with Gasteiger partial charge >= 0.3 is 0 Å². The summed E-state index contributed by atoms with van der Waals surface area (Å²) in [6, 6.07) is 7.23. The molecule has 0 heterocycles. The van der Waals surface area contributed by atoms with Gasteiger partial charge in [-0.15, -0.1) is 0 Å². The lowest BCUT2D eigenvalue weighted by atomic mass is 10.2. The molecule has 0 aliphatic carbocycles. The van der Waals surface area contributed by atoms with Crippen LogP contribution in [0.15, 0.2) is 24.3 Å². The lowest BCUT2D eigenvalue weighted by Gasteiger charge is -2.00. The quantitative estimate of drug-likeness (QED) is 0.686. The van der Waals surface area contributed by atoms with Crippen molar-refractivity contribution >= 4 is 0 Å². The Hall–Kier alpha value is -1.02. The number of benzene rings is 1. The Morgan fingerprint density at radius 2 is 1.91 bits per heavy atom. The summed E-state index contributed by atoms with van der Waals surface area (Å²) in [6.45, 7) is 3.91. The minimum absolute atomic E-state index is 0.324. The highest BCUT2D eigenvalue weighted by Crippen LogP contribution is 2.08. The van der Waals surface area contributed by atoms with Gasteiger partial charge in [0.2, 0.25) is 0 Å². The standard InChI is InChI=1S/C9H13NO/c1-2-10-7-8-3-5-9(11)6-4-8/h3-6,10-11H,2,7H2,1H3. The number of aromatic hydroxyl groups is 1. The fraction of sp³-hybridized carbons (Fsp3) is 0.333. The molecule has 0 fully saturated rings. The van der Waals surface area contributed by atoms with E-state index in [1.165, 1.54) is 5.56 Å². The topological polar surface area (TPSA) is 32.3 Å². The van der Waals surface area contributed by atoms with E-state index in [1.807, 2.05) is 12.1 Å². The van der Waals surface area contributed by atoms with Crippen molar-refractivity contribution in [2.24, 2.45) is 0 Å². The lowest BCUT2D eigenvalue weighted by molar-refractivity contribution is 0.475. The van der Waals surface area contributed by atoms with Crippen LogP contribution in [0.1, 0.15) is 12.5 Å². The average molecular weight is 151 g/mol. The molecule has 0 amide bonds. The molecule has 2 heteroatoms. The van der Waals surface area contributed by atoms with Gasteiger partial charge in [0.15, 0.2) is 0 Å². The Balaban J connectivity index is 2.52. The summed E-state index contributed by atoms with van der Waals surface area (Å²) in [5.74, 6) is 0.324. The third-order valence-electron chi connectivity index (χ3n) is 1.52. The molecule has 0 saturated heterocycles. The Labute approximate surface area is 66.9 Å². The van der Waals surface area contributed by atoms with E-state index in [0.29, 0.717) is 5.75 Å². The SMILES string of the molecule is CCNCc1ccc(O)cc1. The molecular weight excluding hydrogens is 138 g/mol. The summed E-state index contributed by atoms with van der Waals surface area (Å²) in [7, 11) is 0. The fourth-order valence-corrected chi connectivity index (χ4v) is 0.883. The Bertz CT molecular complexity index is 205. The number of phenols is 1. The van der Waals surface area contributed by atoms with Crippen LogP contribution >= 0.6 is 0 Å². The van der Waals surface area contributed by atoms with Crippen molar-refractivity contribution in [2.75, 3.05) is 6.54 Å². The van der Waals surface area contributed by atoms with Crippen LogP contribution in [0.25, 0.3) is 0 Å². The van der Waals surface area contributed by atoms with Gasteiger partial charge in [0.1, 0.15) is 5.75 Å². The van der Waals surface area contributed by atoms with Gasteiger partial charge in [-0.3, -0.25) is 0 Å². The van der Waals surface area contributed by atoms with E-state index < -0.39 is 0 Å². The molecule has 0 aromatic heterocycles. The molecule has 0 saturated carbocycles. The number of phenolic OH excluding ortho intramolecular Hbond substituents is 1. The summed E-state index contributed by atoms with van der Waals surface area (Å²) >= 11 is 0. The second-order valence-electron chi connectivity index (χ2n) is 2.45. The first-order chi connectivity index (χ1) is 5.33. The Morgan fingerprint density at radius 1 is 1.27 bits per heavy atom. The zero-order valence-corrected chi connectivity index (χ0v) is 6.67. The molecule has 60 valence electrons. The Kier molecular flexibility index (Phi) is 2.93. The van der Waals surface area contributed by atoms with Gasteiger partial charge in [-0.1, -0.05) is 19.1 Å². The maximum Gasteiger partial charge on any atom is 0.115 e. The van der Waals surface area contributed by atoms with Crippen LogP contribution in [0.2, 0.25) is 0 Å². The van der Waals surface area contributed by atoms with Gasteiger partial charge in [0.05, 0.1) is 0 Å². The fourth-order valence-electron chi connectivity index (χ4n) is 0.883. The lowest BCUT2D eigenvalue weighted by Crippen LogP contribution is -2.11. The summed E-state index contributed by atoms with van der Waals surface area (Å²) in [5, 5.41) is 12.2. The van der Waals surface area contributed by atoms with E-state index in [0.717, 1.165) is 13.1 Å². The van der Waals surface area contributed by atoms with Crippen molar-refractivity contribution in [3.05, 3.63) is 29.8 Å². The molecule has 0 atom stereocenters. The zero-order chi connectivity index (χ0) is 8.10. The summed E-state index contributed by atoms with van der Waals surface area (Å²) in [6.07, 6.45) is 0. The predicted molar refractivity (Wildman–Crippen MR) is 45.5 cm³/mol. The molecule has 0 unspecified atom stereocenters. The highest BCUT2D eigenvalue weighted by atomic mass is 16.3. The van der Waals surface area contributed by atoms with E-state index in [4.69, 9.17) is 5.11 Å². The Morgan fingerprint density at radius 3 is 2.45 bits per heavy atom. The molecule has 2 N–H and O–H groups in total. The van der Waals surface area contributed by atoms with Crippen LogP contribution in [0.5, 0.6) is 5.75 Å². The monoisotopic (exact) mass is 151 g/mol. The highest BCUT2D eigenvalue weighted by molar-refractivity contribution is 5.25. The van der Waals surface area contributed by atoms with Crippen molar-refractivity contribution in [2.45, 2.75) is 13.5 Å². The number of hydrogen-bond donors (Lipinski definition) is 2. The van der Waals surface area contributed by atoms with Crippen LogP contribution in [0, 0.1) is 0 Å². The molecular formula is C9H13NO. The largest absolute Gasteiger partial charge is 0.508 e. The van der Waals surface area contributed by atoms with Gasteiger partial charge in [-0.2, -0.15) is 0 Å². The second-order valence-corrected chi connectivity index (χ2v) is 2.45. The predicted octanol–water partition coefficient (Wildman–Crippen LogP) is 1.50. The number of nitrogens with one attached hydrogen (secondary N) is 1. The maximum atomic E-state index is 8.96. The average Bonchev–Trinajstić information content (AvgIpc) is 2.04. The van der Waals surface area contributed by atoms with Gasteiger partial charge < -0.3 is 10.4 Å². The van der Waals surface area contributed by atoms with Crippen molar-refractivity contribution in [3.8, 4) is 5.75 Å². The molecule has 0 bridgehead atoms. The highest BCUT2D eigenvalue weighted by Gasteiger charge is 1.90. The molecule has 0 aliphatic rings. The van der Waals surface area contributed by atoms with Crippen molar-refractivity contribution in [3.63, 3.8) is 0 Å². The maximum absolute atomic E-state index is 8.96. The first-order valence-corrected chi connectivity index (χ1v) is 3.81. The van der Waals surface area contributed by atoms with Crippen molar-refractivity contribution in [1.29, 1.82) is 0 Å². The molecule has 0 spiro atoms. The second kappa shape index (κ2) is 3.98. The smallest absolute Gasteiger partial charge is 0.115 e. The zero-order valence-electron chi connectivity index (χ0n) is 6.67.